The summed E-state index contributed by atoms with van der Waals surface area (Å²) < 4.78 is 2.60. The van der Waals surface area contributed by atoms with Gasteiger partial charge in [-0.1, -0.05) is 26.8 Å². The average Bonchev–Trinajstić information content (AvgIpc) is 2.60. The molecule has 1 heterocycles. The molecule has 0 radical (unpaired) electrons. The predicted octanol–water partition coefficient (Wildman–Crippen LogP) is 6.84. The van der Waals surface area contributed by atoms with E-state index in [9.17, 15) is 4.79 Å². The highest BCUT2D eigenvalue weighted by molar-refractivity contribution is 14.1. The van der Waals surface area contributed by atoms with Crippen LogP contribution < -0.4 is 10.2 Å². The molecule has 1 amide bonds. The summed E-state index contributed by atoms with van der Waals surface area (Å²) in [4.78, 5) is 15.1. The summed E-state index contributed by atoms with van der Waals surface area (Å²) in [5.41, 5.74) is 7.45. The summed E-state index contributed by atoms with van der Waals surface area (Å²) in [6.07, 6.45) is 2.75. The number of nitrogens with zero attached hydrogens (tertiary/aromatic N) is 1. The molecule has 2 aromatic carbocycles. The summed E-state index contributed by atoms with van der Waals surface area (Å²) >= 11 is 4.81. The molecule has 2 aromatic rings. The van der Waals surface area contributed by atoms with Crippen LogP contribution in [0.5, 0.6) is 0 Å². The van der Waals surface area contributed by atoms with Gasteiger partial charge < -0.3 is 10.2 Å². The Balaban J connectivity index is 1.89. The van der Waals surface area contributed by atoms with Crippen LogP contribution in [0.2, 0.25) is 0 Å². The zero-order valence-corrected chi connectivity index (χ0v) is 22.3. The Morgan fingerprint density at radius 2 is 1.90 bits per heavy atom. The van der Waals surface area contributed by atoms with Crippen molar-refractivity contribution in [2.45, 2.75) is 60.4 Å². The van der Waals surface area contributed by atoms with E-state index in [0.29, 0.717) is 6.42 Å². The van der Waals surface area contributed by atoms with Crippen molar-refractivity contribution >= 4 is 62.5 Å². The third-order valence-corrected chi connectivity index (χ3v) is 7.09. The summed E-state index contributed by atoms with van der Waals surface area (Å²) in [5, 5.41) is 3.21. The van der Waals surface area contributed by atoms with E-state index in [1.54, 1.807) is 0 Å². The van der Waals surface area contributed by atoms with Crippen LogP contribution in [0.25, 0.3) is 0 Å². The fraction of sp³-hybridized carbons (Fsp3) is 0.458. The lowest BCUT2D eigenvalue weighted by Gasteiger charge is -2.34. The maximum Gasteiger partial charge on any atom is 0.224 e. The fourth-order valence-corrected chi connectivity index (χ4v) is 5.82. The second-order valence-corrected chi connectivity index (χ2v) is 11.6. The Kier molecular flexibility index (Phi) is 7.18. The minimum absolute atomic E-state index is 0.0124. The number of anilines is 2. The molecule has 156 valence electrons. The number of hydrogen-bond donors (Lipinski definition) is 1. The normalized spacial score (nSPS) is 14.0. The summed E-state index contributed by atoms with van der Waals surface area (Å²) in [6, 6.07) is 8.95. The number of fused-ring (bicyclic) bond motifs is 1. The molecule has 1 aliphatic rings. The van der Waals surface area contributed by atoms with Crippen LogP contribution in [0.3, 0.4) is 0 Å². The van der Waals surface area contributed by atoms with Gasteiger partial charge in [-0.2, -0.15) is 0 Å². The minimum Gasteiger partial charge on any atom is -0.367 e. The van der Waals surface area contributed by atoms with Crippen LogP contribution in [0.1, 0.15) is 55.9 Å². The zero-order chi connectivity index (χ0) is 21.3. The summed E-state index contributed by atoms with van der Waals surface area (Å²) in [5.74, 6) is 0.102. The Bertz CT molecular complexity index is 931. The smallest absolute Gasteiger partial charge is 0.224 e. The lowest BCUT2D eigenvalue weighted by atomic mass is 9.90. The third kappa shape index (κ3) is 5.66. The van der Waals surface area contributed by atoms with Gasteiger partial charge in [0.1, 0.15) is 0 Å². The molecule has 0 saturated carbocycles. The Morgan fingerprint density at radius 1 is 1.17 bits per heavy atom. The van der Waals surface area contributed by atoms with E-state index in [4.69, 9.17) is 0 Å². The largest absolute Gasteiger partial charge is 0.367 e. The van der Waals surface area contributed by atoms with Crippen LogP contribution in [-0.4, -0.2) is 12.5 Å². The number of rotatable bonds is 4. The first-order chi connectivity index (χ1) is 13.5. The van der Waals surface area contributed by atoms with Gasteiger partial charge in [-0.05, 0) is 118 Å². The number of carbonyl (C=O) groups excluding carboxylic acids is 1. The van der Waals surface area contributed by atoms with Crippen molar-refractivity contribution in [3.8, 4) is 0 Å². The van der Waals surface area contributed by atoms with E-state index in [-0.39, 0.29) is 11.3 Å². The number of carbonyl (C=O) groups is 1. The van der Waals surface area contributed by atoms with E-state index >= 15 is 0 Å². The van der Waals surface area contributed by atoms with Gasteiger partial charge in [-0.25, -0.2) is 0 Å². The van der Waals surface area contributed by atoms with Gasteiger partial charge in [0.25, 0.3) is 0 Å². The third-order valence-electron chi connectivity index (χ3n) is 5.41. The minimum atomic E-state index is -0.0124. The van der Waals surface area contributed by atoms with E-state index in [1.807, 2.05) is 0 Å². The zero-order valence-electron chi connectivity index (χ0n) is 18.0. The Morgan fingerprint density at radius 3 is 2.55 bits per heavy atom. The average molecular weight is 616 g/mol. The molecule has 0 aromatic heterocycles. The van der Waals surface area contributed by atoms with Gasteiger partial charge in [0, 0.05) is 38.0 Å². The first kappa shape index (κ1) is 22.8. The van der Waals surface area contributed by atoms with Gasteiger partial charge in [0.2, 0.25) is 5.91 Å². The highest BCUT2D eigenvalue weighted by Crippen LogP contribution is 2.37. The van der Waals surface area contributed by atoms with E-state index in [2.05, 4.69) is 114 Å². The van der Waals surface area contributed by atoms with E-state index in [0.717, 1.165) is 37.2 Å². The van der Waals surface area contributed by atoms with Gasteiger partial charge >= 0.3 is 0 Å². The predicted molar refractivity (Wildman–Crippen MR) is 140 cm³/mol. The SMILES string of the molecule is Cc1cc2c(c(C)c1NC(=O)CC(C)(C)C)CCCN2Cc1ccc(I)cc1I. The van der Waals surface area contributed by atoms with Crippen molar-refractivity contribution in [1.82, 2.24) is 0 Å². The monoisotopic (exact) mass is 616 g/mol. The van der Waals surface area contributed by atoms with Crippen molar-refractivity contribution in [3.63, 3.8) is 0 Å². The molecule has 1 aliphatic heterocycles. The van der Waals surface area contributed by atoms with Gasteiger partial charge in [0.15, 0.2) is 0 Å². The summed E-state index contributed by atoms with van der Waals surface area (Å²) in [6.45, 7) is 12.6. The Hall–Kier alpha value is -0.830. The van der Waals surface area contributed by atoms with Crippen LogP contribution in [0.15, 0.2) is 24.3 Å². The van der Waals surface area contributed by atoms with Crippen LogP contribution >= 0.6 is 45.2 Å². The summed E-state index contributed by atoms with van der Waals surface area (Å²) in [7, 11) is 0. The highest BCUT2D eigenvalue weighted by atomic mass is 127. The number of hydrogen-bond acceptors (Lipinski definition) is 2. The highest BCUT2D eigenvalue weighted by Gasteiger charge is 2.24. The van der Waals surface area contributed by atoms with Crippen LogP contribution in [0.4, 0.5) is 11.4 Å². The molecule has 0 atom stereocenters. The number of benzene rings is 2. The lowest BCUT2D eigenvalue weighted by Crippen LogP contribution is -2.30. The molecule has 0 saturated heterocycles. The first-order valence-electron chi connectivity index (χ1n) is 10.2. The molecule has 0 aliphatic carbocycles. The van der Waals surface area contributed by atoms with E-state index < -0.39 is 0 Å². The fourth-order valence-electron chi connectivity index (χ4n) is 4.05. The molecule has 3 rings (SSSR count). The molecule has 0 spiro atoms. The number of amides is 1. The molecule has 0 bridgehead atoms. The standard InChI is InChI=1S/C24H30I2N2O/c1-15-11-21-19(16(2)23(15)27-22(29)13-24(3,4)5)7-6-10-28(21)14-17-8-9-18(25)12-20(17)26/h8-9,11-12H,6-7,10,13-14H2,1-5H3,(H,27,29). The molecular weight excluding hydrogens is 586 g/mol. The van der Waals surface area contributed by atoms with Gasteiger partial charge in [-0.15, -0.1) is 0 Å². The van der Waals surface area contributed by atoms with Crippen molar-refractivity contribution in [2.24, 2.45) is 5.41 Å². The van der Waals surface area contributed by atoms with Crippen molar-refractivity contribution in [3.05, 3.63) is 53.7 Å². The quantitative estimate of drug-likeness (QED) is 0.382. The second-order valence-electron chi connectivity index (χ2n) is 9.24. The van der Waals surface area contributed by atoms with E-state index in [1.165, 1.54) is 29.5 Å². The topological polar surface area (TPSA) is 32.3 Å². The molecular formula is C24H30I2N2O. The van der Waals surface area contributed by atoms with Crippen molar-refractivity contribution in [1.29, 1.82) is 0 Å². The number of nitrogens with one attached hydrogen (secondary N) is 1. The van der Waals surface area contributed by atoms with Crippen molar-refractivity contribution < 1.29 is 4.79 Å². The van der Waals surface area contributed by atoms with Crippen LogP contribution in [-0.2, 0) is 17.8 Å². The molecule has 5 heteroatoms. The van der Waals surface area contributed by atoms with Crippen LogP contribution in [0, 0.1) is 26.4 Å². The van der Waals surface area contributed by atoms with Gasteiger partial charge in [0.05, 0.1) is 0 Å². The maximum atomic E-state index is 12.5. The molecule has 29 heavy (non-hydrogen) atoms. The number of aryl methyl sites for hydroxylation is 1. The van der Waals surface area contributed by atoms with Gasteiger partial charge in [-0.3, -0.25) is 4.79 Å². The van der Waals surface area contributed by atoms with Crippen molar-refractivity contribution in [2.75, 3.05) is 16.8 Å². The Labute approximate surface area is 202 Å². The lowest BCUT2D eigenvalue weighted by molar-refractivity contribution is -0.117. The molecule has 0 fully saturated rings. The first-order valence-corrected chi connectivity index (χ1v) is 12.3. The second kappa shape index (κ2) is 9.12. The molecule has 0 unspecified atom stereocenters. The molecule has 3 nitrogen and oxygen atoms in total. The maximum absolute atomic E-state index is 12.5. The molecule has 1 N–H and O–H groups in total. The number of halogens is 2.